The molecule has 0 aromatic rings. The first-order chi connectivity index (χ1) is 7.40. The van der Waals surface area contributed by atoms with Gasteiger partial charge in [0.15, 0.2) is 0 Å². The fourth-order valence-electron chi connectivity index (χ4n) is 1.69. The van der Waals surface area contributed by atoms with Crippen LogP contribution in [0.25, 0.3) is 0 Å². The largest absolute Gasteiger partial charge is 0.383 e. The van der Waals surface area contributed by atoms with Gasteiger partial charge in [-0.1, -0.05) is 27.7 Å². The topological polar surface area (TPSA) is 24.5 Å². The summed E-state index contributed by atoms with van der Waals surface area (Å²) in [5, 5.41) is 3.48. The molecule has 0 amide bonds. The molecule has 2 atom stereocenters. The summed E-state index contributed by atoms with van der Waals surface area (Å²) in [5.74, 6) is 0.670. The lowest BCUT2D eigenvalue weighted by Crippen LogP contribution is -2.49. The molecular weight excluding hydrogens is 200 g/mol. The Morgan fingerprint density at radius 1 is 1.12 bits per heavy atom. The van der Waals surface area contributed by atoms with Gasteiger partial charge in [-0.05, 0) is 19.9 Å². The molecule has 0 aliphatic carbocycles. The number of rotatable bonds is 8. The van der Waals surface area contributed by atoms with Crippen LogP contribution in [0.4, 0.5) is 0 Å². The number of methoxy groups -OCH3 is 1. The molecule has 0 heterocycles. The van der Waals surface area contributed by atoms with Gasteiger partial charge in [0.2, 0.25) is 0 Å². The summed E-state index contributed by atoms with van der Waals surface area (Å²) in [6.45, 7) is 12.9. The molecule has 0 saturated heterocycles. The van der Waals surface area contributed by atoms with Crippen LogP contribution in [0.1, 0.15) is 34.6 Å². The van der Waals surface area contributed by atoms with Crippen molar-refractivity contribution < 1.29 is 4.74 Å². The highest BCUT2D eigenvalue weighted by molar-refractivity contribution is 4.78. The van der Waals surface area contributed by atoms with Gasteiger partial charge >= 0.3 is 0 Å². The molecule has 3 nitrogen and oxygen atoms in total. The van der Waals surface area contributed by atoms with Crippen LogP contribution in [0.15, 0.2) is 0 Å². The van der Waals surface area contributed by atoms with E-state index in [0.29, 0.717) is 24.0 Å². The van der Waals surface area contributed by atoms with Crippen LogP contribution in [-0.4, -0.2) is 50.3 Å². The van der Waals surface area contributed by atoms with Crippen molar-refractivity contribution in [2.75, 3.05) is 27.3 Å². The van der Waals surface area contributed by atoms with Gasteiger partial charge in [-0.3, -0.25) is 4.90 Å². The first kappa shape index (κ1) is 15.9. The molecule has 0 aromatic heterocycles. The monoisotopic (exact) mass is 230 g/mol. The van der Waals surface area contributed by atoms with Crippen molar-refractivity contribution in [3.05, 3.63) is 0 Å². The number of ether oxygens (including phenoxy) is 1. The smallest absolute Gasteiger partial charge is 0.0630 e. The van der Waals surface area contributed by atoms with Crippen molar-refractivity contribution >= 4 is 0 Å². The number of likely N-dealkylation sites (N-methyl/N-ethyl adjacent to an activating group) is 1. The quantitative estimate of drug-likeness (QED) is 0.690. The van der Waals surface area contributed by atoms with E-state index in [4.69, 9.17) is 4.74 Å². The second-order valence-corrected chi connectivity index (χ2v) is 5.32. The van der Waals surface area contributed by atoms with Gasteiger partial charge in [-0.2, -0.15) is 0 Å². The van der Waals surface area contributed by atoms with Gasteiger partial charge in [0.25, 0.3) is 0 Å². The molecule has 0 radical (unpaired) electrons. The summed E-state index contributed by atoms with van der Waals surface area (Å²) in [6, 6.07) is 1.56. The van der Waals surface area contributed by atoms with E-state index in [0.717, 1.165) is 13.2 Å². The molecule has 0 aromatic carbocycles. The molecule has 0 aliphatic heterocycles. The Labute approximate surface area is 102 Å². The summed E-state index contributed by atoms with van der Waals surface area (Å²) in [6.07, 6.45) is 0. The molecule has 0 rings (SSSR count). The maximum absolute atomic E-state index is 5.31. The normalized spacial score (nSPS) is 16.1. The minimum Gasteiger partial charge on any atom is -0.383 e. The summed E-state index contributed by atoms with van der Waals surface area (Å²) >= 11 is 0. The minimum atomic E-state index is 0.449. The Morgan fingerprint density at radius 3 is 2.06 bits per heavy atom. The van der Waals surface area contributed by atoms with E-state index in [1.54, 1.807) is 7.11 Å². The van der Waals surface area contributed by atoms with E-state index < -0.39 is 0 Å². The van der Waals surface area contributed by atoms with Crippen LogP contribution in [0, 0.1) is 5.92 Å². The average Bonchev–Trinajstić information content (AvgIpc) is 2.21. The lowest BCUT2D eigenvalue weighted by molar-refractivity contribution is 0.0693. The maximum Gasteiger partial charge on any atom is 0.0630 e. The van der Waals surface area contributed by atoms with Crippen LogP contribution in [0.5, 0.6) is 0 Å². The molecule has 98 valence electrons. The Balaban J connectivity index is 4.27. The lowest BCUT2D eigenvalue weighted by atomic mass is 10.0. The van der Waals surface area contributed by atoms with E-state index in [-0.39, 0.29) is 0 Å². The summed E-state index contributed by atoms with van der Waals surface area (Å²) < 4.78 is 5.31. The summed E-state index contributed by atoms with van der Waals surface area (Å²) in [5.41, 5.74) is 0. The van der Waals surface area contributed by atoms with Crippen molar-refractivity contribution in [2.24, 2.45) is 5.92 Å². The fourth-order valence-corrected chi connectivity index (χ4v) is 1.69. The third-order valence-electron chi connectivity index (χ3n) is 3.30. The minimum absolute atomic E-state index is 0.449. The van der Waals surface area contributed by atoms with E-state index in [9.17, 15) is 0 Å². The molecular formula is C13H30N2O. The van der Waals surface area contributed by atoms with E-state index in [1.807, 2.05) is 0 Å². The zero-order chi connectivity index (χ0) is 12.7. The Kier molecular flexibility index (Phi) is 7.98. The number of hydrogen-bond acceptors (Lipinski definition) is 3. The first-order valence-electron chi connectivity index (χ1n) is 6.34. The molecule has 0 aliphatic rings. The molecule has 0 fully saturated rings. The van der Waals surface area contributed by atoms with Gasteiger partial charge in [0, 0.05) is 31.8 Å². The van der Waals surface area contributed by atoms with Crippen LogP contribution in [0.3, 0.4) is 0 Å². The van der Waals surface area contributed by atoms with Gasteiger partial charge in [0.05, 0.1) is 6.61 Å². The molecule has 0 saturated carbocycles. The average molecular weight is 230 g/mol. The Bertz CT molecular complexity index is 171. The standard InChI is InChI=1S/C13H30N2O/c1-10(2)12(5)15(6)13(9-16-7)8-14-11(3)4/h10-14H,8-9H2,1-7H3. The Morgan fingerprint density at radius 2 is 1.69 bits per heavy atom. The van der Waals surface area contributed by atoms with Crippen molar-refractivity contribution in [3.63, 3.8) is 0 Å². The SMILES string of the molecule is COCC(CNC(C)C)N(C)C(C)C(C)C. The van der Waals surface area contributed by atoms with Gasteiger partial charge < -0.3 is 10.1 Å². The van der Waals surface area contributed by atoms with E-state index in [1.165, 1.54) is 0 Å². The van der Waals surface area contributed by atoms with Crippen LogP contribution < -0.4 is 5.32 Å². The number of hydrogen-bond donors (Lipinski definition) is 1. The second kappa shape index (κ2) is 8.04. The first-order valence-corrected chi connectivity index (χ1v) is 6.34. The third-order valence-corrected chi connectivity index (χ3v) is 3.30. The van der Waals surface area contributed by atoms with Gasteiger partial charge in [-0.15, -0.1) is 0 Å². The maximum atomic E-state index is 5.31. The van der Waals surface area contributed by atoms with E-state index >= 15 is 0 Å². The number of nitrogens with one attached hydrogen (secondary N) is 1. The molecule has 0 bridgehead atoms. The highest BCUT2D eigenvalue weighted by atomic mass is 16.5. The molecule has 16 heavy (non-hydrogen) atoms. The zero-order valence-corrected chi connectivity index (χ0v) is 12.1. The number of nitrogens with zero attached hydrogens (tertiary/aromatic N) is 1. The second-order valence-electron chi connectivity index (χ2n) is 5.32. The third kappa shape index (κ3) is 5.83. The summed E-state index contributed by atoms with van der Waals surface area (Å²) in [4.78, 5) is 2.42. The van der Waals surface area contributed by atoms with Crippen molar-refractivity contribution in [3.8, 4) is 0 Å². The van der Waals surface area contributed by atoms with E-state index in [2.05, 4.69) is 51.9 Å². The molecule has 0 spiro atoms. The van der Waals surface area contributed by atoms with Crippen LogP contribution in [-0.2, 0) is 4.74 Å². The van der Waals surface area contributed by atoms with Gasteiger partial charge in [-0.25, -0.2) is 0 Å². The molecule has 2 unspecified atom stereocenters. The summed E-state index contributed by atoms with van der Waals surface area (Å²) in [7, 11) is 3.96. The van der Waals surface area contributed by atoms with Crippen molar-refractivity contribution in [2.45, 2.75) is 52.7 Å². The predicted molar refractivity (Wildman–Crippen MR) is 70.9 cm³/mol. The predicted octanol–water partition coefficient (Wildman–Crippen LogP) is 1.98. The van der Waals surface area contributed by atoms with Crippen molar-refractivity contribution in [1.82, 2.24) is 10.2 Å². The zero-order valence-electron chi connectivity index (χ0n) is 12.1. The van der Waals surface area contributed by atoms with Crippen LogP contribution >= 0.6 is 0 Å². The van der Waals surface area contributed by atoms with Gasteiger partial charge in [0.1, 0.15) is 0 Å². The lowest BCUT2D eigenvalue weighted by Gasteiger charge is -2.35. The highest BCUT2D eigenvalue weighted by Gasteiger charge is 2.21. The Hall–Kier alpha value is -0.120. The highest BCUT2D eigenvalue weighted by Crippen LogP contribution is 2.11. The van der Waals surface area contributed by atoms with Crippen LogP contribution in [0.2, 0.25) is 0 Å². The van der Waals surface area contributed by atoms with Crippen molar-refractivity contribution in [1.29, 1.82) is 0 Å². The fraction of sp³-hybridized carbons (Fsp3) is 1.00. The molecule has 3 heteroatoms. The molecule has 1 N–H and O–H groups in total.